The standard InChI is InChI=1S/C30H32Cl2N2O4/c1-33(20-23-5-3-2-4-6-23)28(35)19-30(22-38-27-13-9-25(32)10-14-27)15-17-34(18-16-30)29(36)21-37-26-11-7-24(31)8-12-26/h2-14H,15-22H2,1H3. The fraction of sp³-hybridized carbons (Fsp3) is 0.333. The van der Waals surface area contributed by atoms with Gasteiger partial charge in [0.15, 0.2) is 6.61 Å². The SMILES string of the molecule is CN(Cc1ccccc1)C(=O)CC1(COc2ccc(Cl)cc2)CCN(C(=O)COc2ccc(Cl)cc2)CC1. The van der Waals surface area contributed by atoms with Gasteiger partial charge >= 0.3 is 0 Å². The molecule has 0 radical (unpaired) electrons. The summed E-state index contributed by atoms with van der Waals surface area (Å²) in [7, 11) is 1.83. The van der Waals surface area contributed by atoms with Gasteiger partial charge in [0.25, 0.3) is 5.91 Å². The summed E-state index contributed by atoms with van der Waals surface area (Å²) in [6, 6.07) is 24.1. The van der Waals surface area contributed by atoms with Crippen molar-refractivity contribution in [2.45, 2.75) is 25.8 Å². The van der Waals surface area contributed by atoms with Crippen LogP contribution in [0.4, 0.5) is 0 Å². The molecule has 6 nitrogen and oxygen atoms in total. The molecule has 3 aromatic rings. The summed E-state index contributed by atoms with van der Waals surface area (Å²) in [5.74, 6) is 1.27. The van der Waals surface area contributed by atoms with Gasteiger partial charge in [0.2, 0.25) is 5.91 Å². The normalized spacial score (nSPS) is 14.6. The van der Waals surface area contributed by atoms with Crippen LogP contribution >= 0.6 is 23.2 Å². The topological polar surface area (TPSA) is 59.1 Å². The van der Waals surface area contributed by atoms with E-state index in [1.165, 1.54) is 0 Å². The molecule has 0 bridgehead atoms. The van der Waals surface area contributed by atoms with Gasteiger partial charge in [-0.3, -0.25) is 9.59 Å². The van der Waals surface area contributed by atoms with E-state index < -0.39 is 5.41 Å². The summed E-state index contributed by atoms with van der Waals surface area (Å²) in [5.41, 5.74) is 0.686. The predicted octanol–water partition coefficient (Wildman–Crippen LogP) is 6.11. The lowest BCUT2D eigenvalue weighted by molar-refractivity contribution is -0.138. The first-order valence-corrected chi connectivity index (χ1v) is 13.4. The van der Waals surface area contributed by atoms with Gasteiger partial charge in [-0.15, -0.1) is 0 Å². The highest BCUT2D eigenvalue weighted by Gasteiger charge is 2.39. The Morgan fingerprint density at radius 2 is 1.39 bits per heavy atom. The molecule has 8 heteroatoms. The number of nitrogens with zero attached hydrogens (tertiary/aromatic N) is 2. The Morgan fingerprint density at radius 1 is 0.842 bits per heavy atom. The monoisotopic (exact) mass is 554 g/mol. The van der Waals surface area contributed by atoms with E-state index in [1.807, 2.05) is 49.5 Å². The molecule has 38 heavy (non-hydrogen) atoms. The van der Waals surface area contributed by atoms with Gasteiger partial charge in [-0.25, -0.2) is 0 Å². The second kappa shape index (κ2) is 13.0. The van der Waals surface area contributed by atoms with Gasteiger partial charge in [-0.2, -0.15) is 0 Å². The van der Waals surface area contributed by atoms with Crippen LogP contribution in [0.2, 0.25) is 10.0 Å². The van der Waals surface area contributed by atoms with E-state index in [4.69, 9.17) is 32.7 Å². The Morgan fingerprint density at radius 3 is 1.97 bits per heavy atom. The van der Waals surface area contributed by atoms with Crippen molar-refractivity contribution in [1.29, 1.82) is 0 Å². The average molecular weight is 556 g/mol. The summed E-state index contributed by atoms with van der Waals surface area (Å²) in [6.45, 7) is 1.93. The zero-order valence-corrected chi connectivity index (χ0v) is 23.0. The number of likely N-dealkylation sites (tertiary alicyclic amines) is 1. The molecule has 200 valence electrons. The first-order valence-electron chi connectivity index (χ1n) is 12.6. The van der Waals surface area contributed by atoms with Gasteiger partial charge in [0.05, 0.1) is 6.61 Å². The van der Waals surface area contributed by atoms with Crippen molar-refractivity contribution in [3.05, 3.63) is 94.5 Å². The molecule has 4 rings (SSSR count). The van der Waals surface area contributed by atoms with Crippen LogP contribution in [0, 0.1) is 5.41 Å². The Balaban J connectivity index is 1.38. The van der Waals surface area contributed by atoms with Crippen LogP contribution in [0.1, 0.15) is 24.8 Å². The third-order valence-electron chi connectivity index (χ3n) is 6.93. The van der Waals surface area contributed by atoms with Crippen LogP contribution in [0.25, 0.3) is 0 Å². The van der Waals surface area contributed by atoms with E-state index in [9.17, 15) is 9.59 Å². The number of amides is 2. The maximum Gasteiger partial charge on any atom is 0.260 e. The maximum atomic E-state index is 13.3. The quantitative estimate of drug-likeness (QED) is 0.303. The third kappa shape index (κ3) is 7.89. The molecule has 0 saturated carbocycles. The van der Waals surface area contributed by atoms with E-state index in [0.29, 0.717) is 67.0 Å². The van der Waals surface area contributed by atoms with Crippen LogP contribution in [-0.2, 0) is 16.1 Å². The lowest BCUT2D eigenvalue weighted by Gasteiger charge is -2.41. The van der Waals surface area contributed by atoms with Crippen LogP contribution in [0.15, 0.2) is 78.9 Å². The minimum absolute atomic E-state index is 0.0470. The van der Waals surface area contributed by atoms with Gasteiger partial charge < -0.3 is 19.3 Å². The molecule has 1 fully saturated rings. The fourth-order valence-electron chi connectivity index (χ4n) is 4.54. The van der Waals surface area contributed by atoms with Gasteiger partial charge in [0, 0.05) is 48.6 Å². The highest BCUT2D eigenvalue weighted by molar-refractivity contribution is 6.30. The zero-order valence-electron chi connectivity index (χ0n) is 21.4. The molecule has 1 aliphatic heterocycles. The van der Waals surface area contributed by atoms with E-state index in [2.05, 4.69) is 0 Å². The predicted molar refractivity (Wildman–Crippen MR) is 150 cm³/mol. The van der Waals surface area contributed by atoms with Crippen LogP contribution in [0.3, 0.4) is 0 Å². The van der Waals surface area contributed by atoms with Crippen molar-refractivity contribution in [2.24, 2.45) is 5.41 Å². The number of hydrogen-bond acceptors (Lipinski definition) is 4. The fourth-order valence-corrected chi connectivity index (χ4v) is 4.79. The van der Waals surface area contributed by atoms with Gasteiger partial charge in [-0.1, -0.05) is 53.5 Å². The van der Waals surface area contributed by atoms with Crippen molar-refractivity contribution >= 4 is 35.0 Å². The Kier molecular flexibility index (Phi) is 9.53. The van der Waals surface area contributed by atoms with E-state index in [0.717, 1.165) is 5.56 Å². The summed E-state index contributed by atoms with van der Waals surface area (Å²) in [6.07, 6.45) is 1.64. The molecule has 1 aliphatic rings. The lowest BCUT2D eigenvalue weighted by Crippen LogP contribution is -2.48. The molecule has 0 spiro atoms. The number of carbonyl (C=O) groups excluding carboxylic acids is 2. The maximum absolute atomic E-state index is 13.3. The second-order valence-electron chi connectivity index (χ2n) is 9.78. The molecule has 2 amide bonds. The van der Waals surface area contributed by atoms with Crippen molar-refractivity contribution in [1.82, 2.24) is 9.80 Å². The Bertz CT molecular complexity index is 1200. The number of carbonyl (C=O) groups is 2. The molecular weight excluding hydrogens is 523 g/mol. The highest BCUT2D eigenvalue weighted by atomic mass is 35.5. The van der Waals surface area contributed by atoms with Gasteiger partial charge in [-0.05, 0) is 66.9 Å². The molecule has 0 aliphatic carbocycles. The largest absolute Gasteiger partial charge is 0.493 e. The summed E-state index contributed by atoms with van der Waals surface area (Å²) in [4.78, 5) is 29.7. The molecule has 3 aromatic carbocycles. The lowest BCUT2D eigenvalue weighted by atomic mass is 9.75. The minimum Gasteiger partial charge on any atom is -0.493 e. The summed E-state index contributed by atoms with van der Waals surface area (Å²) >= 11 is 11.9. The number of piperidine rings is 1. The number of halogens is 2. The number of hydrogen-bond donors (Lipinski definition) is 0. The zero-order chi connectivity index (χ0) is 27.0. The first-order chi connectivity index (χ1) is 18.3. The second-order valence-corrected chi connectivity index (χ2v) is 10.7. The van der Waals surface area contributed by atoms with Gasteiger partial charge in [0.1, 0.15) is 11.5 Å². The third-order valence-corrected chi connectivity index (χ3v) is 7.43. The molecule has 1 saturated heterocycles. The van der Waals surface area contributed by atoms with Crippen LogP contribution in [0.5, 0.6) is 11.5 Å². The van der Waals surface area contributed by atoms with E-state index in [-0.39, 0.29) is 18.4 Å². The minimum atomic E-state index is -0.393. The van der Waals surface area contributed by atoms with Crippen LogP contribution in [-0.4, -0.2) is 55.0 Å². The number of benzene rings is 3. The van der Waals surface area contributed by atoms with Crippen molar-refractivity contribution < 1.29 is 19.1 Å². The summed E-state index contributed by atoms with van der Waals surface area (Å²) < 4.78 is 11.8. The molecular formula is C30H32Cl2N2O4. The number of ether oxygens (including phenoxy) is 2. The van der Waals surface area contributed by atoms with Crippen LogP contribution < -0.4 is 9.47 Å². The smallest absolute Gasteiger partial charge is 0.260 e. The Hall–Kier alpha value is -3.22. The average Bonchev–Trinajstić information content (AvgIpc) is 2.93. The summed E-state index contributed by atoms with van der Waals surface area (Å²) in [5, 5.41) is 1.25. The molecule has 0 unspecified atom stereocenters. The molecule has 0 N–H and O–H groups in total. The Labute approximate surface area is 234 Å². The van der Waals surface area contributed by atoms with Crippen molar-refractivity contribution in [2.75, 3.05) is 33.4 Å². The molecule has 1 heterocycles. The van der Waals surface area contributed by atoms with Crippen molar-refractivity contribution in [3.63, 3.8) is 0 Å². The first kappa shape index (κ1) is 27.8. The van der Waals surface area contributed by atoms with Crippen molar-refractivity contribution in [3.8, 4) is 11.5 Å². The number of rotatable bonds is 10. The van der Waals surface area contributed by atoms with E-state index >= 15 is 0 Å². The highest BCUT2D eigenvalue weighted by Crippen LogP contribution is 2.37. The van der Waals surface area contributed by atoms with E-state index in [1.54, 1.807) is 46.2 Å². The molecule has 0 atom stereocenters. The molecule has 0 aromatic heterocycles.